The van der Waals surface area contributed by atoms with Gasteiger partial charge in [0.1, 0.15) is 11.6 Å². The Bertz CT molecular complexity index is 881. The minimum absolute atomic E-state index is 0. The van der Waals surface area contributed by atoms with Crippen LogP contribution in [0.3, 0.4) is 0 Å². The maximum absolute atomic E-state index is 13.0. The van der Waals surface area contributed by atoms with E-state index in [4.69, 9.17) is 5.11 Å². The van der Waals surface area contributed by atoms with Crippen LogP contribution < -0.4 is 0 Å². The number of hydrogen-bond donors (Lipinski definition) is 1. The fraction of sp³-hybridized carbons (Fsp3) is 0.150. The summed E-state index contributed by atoms with van der Waals surface area (Å²) < 4.78 is 26.4. The molecule has 0 saturated carbocycles. The normalized spacial score (nSPS) is 9.46. The average molecular weight is 522 g/mol. The fourth-order valence-corrected chi connectivity index (χ4v) is 2.10. The van der Waals surface area contributed by atoms with Crippen LogP contribution in [-0.4, -0.2) is 22.6 Å². The molecule has 2 aromatic rings. The Morgan fingerprint density at radius 1 is 0.857 bits per heavy atom. The van der Waals surface area contributed by atoms with Gasteiger partial charge in [0.05, 0.1) is 8.95 Å². The number of hydrogen-bond acceptors (Lipinski definition) is 3. The summed E-state index contributed by atoms with van der Waals surface area (Å²) in [5.41, 5.74) is 0.499. The van der Waals surface area contributed by atoms with Gasteiger partial charge in [0.2, 0.25) is 0 Å². The summed E-state index contributed by atoms with van der Waals surface area (Å²) in [6, 6.07) is 8.14. The van der Waals surface area contributed by atoms with Crippen LogP contribution in [-0.2, 0) is 4.79 Å². The van der Waals surface area contributed by atoms with Crippen molar-refractivity contribution in [3.8, 4) is 0 Å². The maximum Gasteiger partial charge on any atom is 0.328 e. The summed E-state index contributed by atoms with van der Waals surface area (Å²) in [4.78, 5) is 32.1. The molecule has 8 heteroatoms. The highest BCUT2D eigenvalue weighted by Gasteiger charge is 2.06. The first kappa shape index (κ1) is 28.0. The zero-order valence-electron chi connectivity index (χ0n) is 13.3. The van der Waals surface area contributed by atoms with Gasteiger partial charge in [-0.1, -0.05) is 20.9 Å². The molecule has 0 atom stereocenters. The van der Waals surface area contributed by atoms with Crippen molar-refractivity contribution < 1.29 is 28.3 Å². The van der Waals surface area contributed by atoms with Crippen LogP contribution in [0, 0.1) is 11.6 Å². The molecular formula is C20H20Br2F2O4. The molecule has 0 aliphatic rings. The predicted molar refractivity (Wildman–Crippen MR) is 113 cm³/mol. The van der Waals surface area contributed by atoms with E-state index >= 15 is 0 Å². The molecule has 0 fully saturated rings. The summed E-state index contributed by atoms with van der Waals surface area (Å²) in [6.45, 7) is 1.41. The van der Waals surface area contributed by atoms with Crippen LogP contribution in [0.5, 0.6) is 0 Å². The molecular weight excluding hydrogens is 502 g/mol. The lowest BCUT2D eigenvalue weighted by Gasteiger charge is -1.97. The molecule has 1 N–H and O–H groups in total. The molecule has 0 heterocycles. The number of carboxylic acid groups (broad SMARTS) is 1. The molecule has 0 saturated heterocycles. The third-order valence-electron chi connectivity index (χ3n) is 2.91. The molecule has 0 aromatic heterocycles. The highest BCUT2D eigenvalue weighted by atomic mass is 79.9. The Morgan fingerprint density at radius 3 is 1.68 bits per heavy atom. The molecule has 0 radical (unpaired) electrons. The van der Waals surface area contributed by atoms with Crippen molar-refractivity contribution in [2.24, 2.45) is 0 Å². The number of ketones is 2. The van der Waals surface area contributed by atoms with Crippen LogP contribution in [0.4, 0.5) is 8.78 Å². The number of allylic oxidation sites excluding steroid dienone is 1. The predicted octanol–water partition coefficient (Wildman–Crippen LogP) is 6.47. The van der Waals surface area contributed by atoms with E-state index in [1.54, 1.807) is 6.07 Å². The van der Waals surface area contributed by atoms with Crippen molar-refractivity contribution in [3.63, 3.8) is 0 Å². The topological polar surface area (TPSA) is 71.4 Å². The van der Waals surface area contributed by atoms with E-state index in [9.17, 15) is 23.2 Å². The van der Waals surface area contributed by atoms with E-state index < -0.39 is 23.4 Å². The van der Waals surface area contributed by atoms with Crippen LogP contribution in [0.25, 0.3) is 0 Å². The first-order valence-electron chi connectivity index (χ1n) is 6.98. The SMILES string of the molecule is C.C.CC(=O)c1ccc(Br)c(F)c1.O=C(O)/C=C/C(=O)c1ccc(Br)c(F)c1. The van der Waals surface area contributed by atoms with Gasteiger partial charge in [-0.3, -0.25) is 9.59 Å². The highest BCUT2D eigenvalue weighted by Crippen LogP contribution is 2.17. The first-order valence-corrected chi connectivity index (χ1v) is 8.56. The molecule has 0 amide bonds. The fourth-order valence-electron chi connectivity index (χ4n) is 1.61. The van der Waals surface area contributed by atoms with Gasteiger partial charge in [0, 0.05) is 17.2 Å². The molecule has 2 aromatic carbocycles. The summed E-state index contributed by atoms with van der Waals surface area (Å²) in [5.74, 6) is -2.87. The number of aliphatic carboxylic acids is 1. The molecule has 4 nitrogen and oxygen atoms in total. The van der Waals surface area contributed by atoms with Crippen LogP contribution >= 0.6 is 31.9 Å². The number of rotatable bonds is 4. The Balaban J connectivity index is 0. The third kappa shape index (κ3) is 9.14. The van der Waals surface area contributed by atoms with Gasteiger partial charge in [-0.05, 0) is 75.2 Å². The molecule has 0 bridgehead atoms. The lowest BCUT2D eigenvalue weighted by molar-refractivity contribution is -0.131. The molecule has 0 unspecified atom stereocenters. The van der Waals surface area contributed by atoms with E-state index in [-0.39, 0.29) is 30.7 Å². The first-order chi connectivity index (χ1) is 12.1. The van der Waals surface area contributed by atoms with E-state index in [0.29, 0.717) is 16.1 Å². The minimum Gasteiger partial charge on any atom is -0.478 e. The van der Waals surface area contributed by atoms with Crippen molar-refractivity contribution >= 4 is 49.4 Å². The lowest BCUT2D eigenvalue weighted by atomic mass is 10.1. The largest absolute Gasteiger partial charge is 0.478 e. The number of halogens is 4. The van der Waals surface area contributed by atoms with Crippen molar-refractivity contribution in [2.75, 3.05) is 0 Å². The van der Waals surface area contributed by atoms with E-state index in [0.717, 1.165) is 12.1 Å². The maximum atomic E-state index is 13.0. The lowest BCUT2D eigenvalue weighted by Crippen LogP contribution is -1.97. The van der Waals surface area contributed by atoms with E-state index in [1.165, 1.54) is 31.2 Å². The Morgan fingerprint density at radius 2 is 1.29 bits per heavy atom. The number of carboxylic acids is 1. The summed E-state index contributed by atoms with van der Waals surface area (Å²) >= 11 is 5.93. The summed E-state index contributed by atoms with van der Waals surface area (Å²) in [7, 11) is 0. The third-order valence-corrected chi connectivity index (χ3v) is 4.19. The number of carbonyl (C=O) groups is 3. The van der Waals surface area contributed by atoms with Crippen molar-refractivity contribution in [1.82, 2.24) is 0 Å². The smallest absolute Gasteiger partial charge is 0.328 e. The molecule has 152 valence electrons. The average Bonchev–Trinajstić information content (AvgIpc) is 2.58. The Hall–Kier alpha value is -2.19. The molecule has 2 rings (SSSR count). The minimum atomic E-state index is -1.22. The van der Waals surface area contributed by atoms with Gasteiger partial charge >= 0.3 is 5.97 Å². The highest BCUT2D eigenvalue weighted by molar-refractivity contribution is 9.10. The van der Waals surface area contributed by atoms with Crippen molar-refractivity contribution in [1.29, 1.82) is 0 Å². The van der Waals surface area contributed by atoms with Gasteiger partial charge in [0.25, 0.3) is 0 Å². The second-order valence-corrected chi connectivity index (χ2v) is 6.56. The van der Waals surface area contributed by atoms with Gasteiger partial charge < -0.3 is 5.11 Å². The van der Waals surface area contributed by atoms with Gasteiger partial charge in [0.15, 0.2) is 11.6 Å². The van der Waals surface area contributed by atoms with E-state index in [2.05, 4.69) is 31.9 Å². The monoisotopic (exact) mass is 520 g/mol. The summed E-state index contributed by atoms with van der Waals surface area (Å²) in [5, 5.41) is 8.29. The molecule has 0 aliphatic heterocycles. The van der Waals surface area contributed by atoms with E-state index in [1.807, 2.05) is 0 Å². The van der Waals surface area contributed by atoms with Crippen LogP contribution in [0.2, 0.25) is 0 Å². The zero-order chi connectivity index (χ0) is 19.9. The Kier molecular flexibility index (Phi) is 13.1. The number of carbonyl (C=O) groups excluding carboxylic acids is 2. The van der Waals surface area contributed by atoms with Gasteiger partial charge in [-0.2, -0.15) is 0 Å². The van der Waals surface area contributed by atoms with Crippen LogP contribution in [0.15, 0.2) is 57.5 Å². The van der Waals surface area contributed by atoms with Gasteiger partial charge in [-0.15, -0.1) is 0 Å². The quantitative estimate of drug-likeness (QED) is 0.369. The summed E-state index contributed by atoms with van der Waals surface area (Å²) in [6.07, 6.45) is 1.59. The Labute approximate surface area is 179 Å². The second-order valence-electron chi connectivity index (χ2n) is 4.85. The molecule has 28 heavy (non-hydrogen) atoms. The number of Topliss-reactive ketones (excluding diaryl/α,β-unsaturated/α-hetero) is 1. The second kappa shape index (κ2) is 13.1. The zero-order valence-corrected chi connectivity index (χ0v) is 16.5. The molecule has 0 aliphatic carbocycles. The number of benzene rings is 2. The van der Waals surface area contributed by atoms with Gasteiger partial charge in [-0.25, -0.2) is 13.6 Å². The van der Waals surface area contributed by atoms with Crippen LogP contribution in [0.1, 0.15) is 42.5 Å². The standard InChI is InChI=1S/C10H6BrFO3.C8H6BrFO.2CH4/c11-7-2-1-6(5-8(7)12)9(13)3-4-10(14)15;1-5(11)6-2-3-7(9)8(10)4-6;;/h1-5H,(H,14,15);2-4H,1H3;2*1H4/b4-3+;;;. The van der Waals surface area contributed by atoms with Crippen molar-refractivity contribution in [3.05, 3.63) is 80.3 Å². The molecule has 0 spiro atoms. The van der Waals surface area contributed by atoms with Crippen molar-refractivity contribution in [2.45, 2.75) is 21.8 Å².